The molecule has 0 aliphatic heterocycles. The summed E-state index contributed by atoms with van der Waals surface area (Å²) in [5.41, 5.74) is 1.06. The Labute approximate surface area is 116 Å². The summed E-state index contributed by atoms with van der Waals surface area (Å²) in [6.45, 7) is 0. The zero-order chi connectivity index (χ0) is 13.4. The number of anilines is 2. The van der Waals surface area contributed by atoms with Crippen LogP contribution in [0.4, 0.5) is 11.6 Å². The molecule has 4 aromatic rings. The molecule has 0 saturated carbocycles. The smallest absolute Gasteiger partial charge is 0.197 e. The third kappa shape index (κ3) is 1.74. The zero-order valence-corrected chi connectivity index (χ0v) is 10.8. The van der Waals surface area contributed by atoms with E-state index in [-0.39, 0.29) is 0 Å². The van der Waals surface area contributed by atoms with Gasteiger partial charge in [0.1, 0.15) is 0 Å². The Bertz CT molecular complexity index is 878. The summed E-state index contributed by atoms with van der Waals surface area (Å²) in [4.78, 5) is 0. The zero-order valence-electron chi connectivity index (χ0n) is 10.8. The Balaban J connectivity index is 2.02. The van der Waals surface area contributed by atoms with Gasteiger partial charge < -0.3 is 9.73 Å². The Morgan fingerprint density at radius 2 is 1.55 bits per heavy atom. The van der Waals surface area contributed by atoms with Crippen LogP contribution in [0.1, 0.15) is 0 Å². The van der Waals surface area contributed by atoms with Crippen molar-refractivity contribution in [3.05, 3.63) is 73.0 Å². The molecule has 0 amide bonds. The van der Waals surface area contributed by atoms with Crippen LogP contribution < -0.4 is 5.32 Å². The molecule has 0 spiro atoms. The number of nitrogens with one attached hydrogen (secondary N) is 1. The van der Waals surface area contributed by atoms with Crippen LogP contribution in [0.15, 0.2) is 77.4 Å². The fraction of sp³-hybridized carbons (Fsp3) is 0. The first-order chi connectivity index (χ1) is 9.92. The van der Waals surface area contributed by atoms with Crippen LogP contribution in [0.5, 0.6) is 0 Å². The van der Waals surface area contributed by atoms with Crippen molar-refractivity contribution in [2.45, 2.75) is 0 Å². The summed E-state index contributed by atoms with van der Waals surface area (Å²) in [6, 6.07) is 22.8. The molecule has 0 radical (unpaired) electrons. The van der Waals surface area contributed by atoms with E-state index >= 15 is 0 Å². The van der Waals surface area contributed by atoms with Gasteiger partial charge in [-0.15, -0.1) is 0 Å². The van der Waals surface area contributed by atoms with Gasteiger partial charge in [0.05, 0.1) is 6.26 Å². The number of hydrogen-bond acceptors (Lipinski definition) is 2. The molecule has 1 heterocycles. The second-order valence-electron chi connectivity index (χ2n) is 4.79. The van der Waals surface area contributed by atoms with Gasteiger partial charge in [-0.05, 0) is 28.3 Å². The van der Waals surface area contributed by atoms with Crippen LogP contribution in [0.25, 0.3) is 21.5 Å². The average molecular weight is 259 g/mol. The van der Waals surface area contributed by atoms with Crippen LogP contribution in [0, 0.1) is 0 Å². The van der Waals surface area contributed by atoms with Crippen molar-refractivity contribution in [3.63, 3.8) is 0 Å². The maximum absolute atomic E-state index is 5.39. The first-order valence-corrected chi connectivity index (χ1v) is 6.63. The van der Waals surface area contributed by atoms with Crippen molar-refractivity contribution in [1.82, 2.24) is 0 Å². The highest BCUT2D eigenvalue weighted by atomic mass is 16.3. The minimum Gasteiger partial charge on any atom is -0.449 e. The lowest BCUT2D eigenvalue weighted by atomic mass is 10.0. The molecule has 96 valence electrons. The van der Waals surface area contributed by atoms with E-state index < -0.39 is 0 Å². The van der Waals surface area contributed by atoms with Crippen LogP contribution in [0.2, 0.25) is 0 Å². The van der Waals surface area contributed by atoms with Crippen molar-refractivity contribution in [3.8, 4) is 0 Å². The molecule has 0 aliphatic carbocycles. The van der Waals surface area contributed by atoms with Crippen LogP contribution in [0.3, 0.4) is 0 Å². The minimum absolute atomic E-state index is 0.755. The molecule has 2 nitrogen and oxygen atoms in total. The maximum atomic E-state index is 5.39. The molecule has 0 saturated heterocycles. The number of rotatable bonds is 2. The largest absolute Gasteiger partial charge is 0.449 e. The van der Waals surface area contributed by atoms with Crippen molar-refractivity contribution in [2.75, 3.05) is 5.32 Å². The molecule has 0 atom stereocenters. The molecule has 1 aromatic heterocycles. The van der Waals surface area contributed by atoms with Crippen LogP contribution >= 0.6 is 0 Å². The summed E-state index contributed by atoms with van der Waals surface area (Å²) in [6.07, 6.45) is 1.67. The topological polar surface area (TPSA) is 25.2 Å². The number of fused-ring (bicyclic) bond motifs is 3. The van der Waals surface area contributed by atoms with Gasteiger partial charge in [0, 0.05) is 17.1 Å². The summed E-state index contributed by atoms with van der Waals surface area (Å²) in [5, 5.41) is 8.29. The molecule has 2 heteroatoms. The highest BCUT2D eigenvalue weighted by Crippen LogP contribution is 2.32. The number of benzene rings is 3. The van der Waals surface area contributed by atoms with Gasteiger partial charge in [0.15, 0.2) is 5.88 Å². The monoisotopic (exact) mass is 259 g/mol. The van der Waals surface area contributed by atoms with Gasteiger partial charge >= 0.3 is 0 Å². The maximum Gasteiger partial charge on any atom is 0.197 e. The molecule has 1 N–H and O–H groups in total. The summed E-state index contributed by atoms with van der Waals surface area (Å²) in [7, 11) is 0. The molecule has 20 heavy (non-hydrogen) atoms. The van der Waals surface area contributed by atoms with Crippen molar-refractivity contribution in [2.24, 2.45) is 0 Å². The molecule has 4 rings (SSSR count). The van der Waals surface area contributed by atoms with E-state index in [2.05, 4.69) is 59.9 Å². The molecule has 0 fully saturated rings. The van der Waals surface area contributed by atoms with E-state index in [9.17, 15) is 0 Å². The van der Waals surface area contributed by atoms with E-state index in [0.29, 0.717) is 0 Å². The Kier molecular flexibility index (Phi) is 2.46. The van der Waals surface area contributed by atoms with E-state index in [4.69, 9.17) is 4.42 Å². The number of hydrogen-bond donors (Lipinski definition) is 1. The van der Waals surface area contributed by atoms with Crippen LogP contribution in [-0.2, 0) is 0 Å². The third-order valence-electron chi connectivity index (χ3n) is 3.55. The molecule has 0 unspecified atom stereocenters. The van der Waals surface area contributed by atoms with Gasteiger partial charge in [-0.25, -0.2) is 0 Å². The van der Waals surface area contributed by atoms with Crippen LogP contribution in [-0.4, -0.2) is 0 Å². The first kappa shape index (κ1) is 11.1. The van der Waals surface area contributed by atoms with Gasteiger partial charge in [0.25, 0.3) is 0 Å². The molecule has 0 bridgehead atoms. The first-order valence-electron chi connectivity index (χ1n) is 6.63. The van der Waals surface area contributed by atoms with E-state index in [1.807, 2.05) is 12.1 Å². The molecular weight excluding hydrogens is 246 g/mol. The SMILES string of the molecule is c1coc(Nc2cccc3ccc4ccccc4c23)c1. The predicted octanol–water partition coefficient (Wildman–Crippen LogP) is 5.33. The summed E-state index contributed by atoms with van der Waals surface area (Å²) in [5.74, 6) is 0.755. The molecular formula is C18H13NO. The Morgan fingerprint density at radius 1 is 0.700 bits per heavy atom. The summed E-state index contributed by atoms with van der Waals surface area (Å²) >= 11 is 0. The molecule has 3 aromatic carbocycles. The normalized spacial score (nSPS) is 11.0. The average Bonchev–Trinajstić information content (AvgIpc) is 3.00. The standard InChI is InChI=1S/C18H13NO/c1-2-7-15-13(5-1)10-11-14-6-3-8-16(18(14)15)19-17-9-4-12-20-17/h1-12,19H. The van der Waals surface area contributed by atoms with E-state index in [1.165, 1.54) is 21.5 Å². The van der Waals surface area contributed by atoms with Crippen molar-refractivity contribution >= 4 is 33.1 Å². The summed E-state index contributed by atoms with van der Waals surface area (Å²) < 4.78 is 5.39. The van der Waals surface area contributed by atoms with Crippen molar-refractivity contribution in [1.29, 1.82) is 0 Å². The second kappa shape index (κ2) is 4.42. The minimum atomic E-state index is 0.755. The highest BCUT2D eigenvalue weighted by Gasteiger charge is 2.06. The van der Waals surface area contributed by atoms with Crippen molar-refractivity contribution < 1.29 is 4.42 Å². The second-order valence-corrected chi connectivity index (χ2v) is 4.79. The quantitative estimate of drug-likeness (QED) is 0.492. The van der Waals surface area contributed by atoms with Gasteiger partial charge in [0.2, 0.25) is 0 Å². The van der Waals surface area contributed by atoms with E-state index in [1.54, 1.807) is 6.26 Å². The predicted molar refractivity (Wildman–Crippen MR) is 83.4 cm³/mol. The fourth-order valence-corrected chi connectivity index (χ4v) is 2.65. The van der Waals surface area contributed by atoms with Gasteiger partial charge in [-0.3, -0.25) is 0 Å². The lowest BCUT2D eigenvalue weighted by Gasteiger charge is -2.10. The number of furan rings is 1. The third-order valence-corrected chi connectivity index (χ3v) is 3.55. The lowest BCUT2D eigenvalue weighted by molar-refractivity contribution is 0.585. The van der Waals surface area contributed by atoms with E-state index in [0.717, 1.165) is 11.6 Å². The van der Waals surface area contributed by atoms with Gasteiger partial charge in [-0.1, -0.05) is 48.5 Å². The Morgan fingerprint density at radius 3 is 2.45 bits per heavy atom. The lowest BCUT2D eigenvalue weighted by Crippen LogP contribution is -1.90. The highest BCUT2D eigenvalue weighted by molar-refractivity contribution is 6.13. The molecule has 0 aliphatic rings. The van der Waals surface area contributed by atoms with Gasteiger partial charge in [-0.2, -0.15) is 0 Å². The Hall–Kier alpha value is -2.74. The fourth-order valence-electron chi connectivity index (χ4n) is 2.65.